The third-order valence-electron chi connectivity index (χ3n) is 5.27. The molecule has 0 atom stereocenters. The summed E-state index contributed by atoms with van der Waals surface area (Å²) in [7, 11) is 0. The summed E-state index contributed by atoms with van der Waals surface area (Å²) in [5.74, 6) is 1.36. The Labute approximate surface area is 154 Å². The van der Waals surface area contributed by atoms with Gasteiger partial charge in [-0.15, -0.1) is 0 Å². The van der Waals surface area contributed by atoms with Gasteiger partial charge in [-0.3, -0.25) is 9.36 Å². The first-order chi connectivity index (χ1) is 12.7. The van der Waals surface area contributed by atoms with Crippen LogP contribution in [-0.4, -0.2) is 38.7 Å². The molecule has 6 nitrogen and oxygen atoms in total. The maximum atomic E-state index is 12.4. The fourth-order valence-corrected chi connectivity index (χ4v) is 3.74. The molecule has 1 fully saturated rings. The van der Waals surface area contributed by atoms with Crippen LogP contribution in [0.3, 0.4) is 0 Å². The van der Waals surface area contributed by atoms with Gasteiger partial charge in [-0.1, -0.05) is 30.3 Å². The molecule has 2 heterocycles. The lowest BCUT2D eigenvalue weighted by Crippen LogP contribution is -2.38. The van der Waals surface area contributed by atoms with E-state index >= 15 is 0 Å². The van der Waals surface area contributed by atoms with Gasteiger partial charge >= 0.3 is 5.69 Å². The van der Waals surface area contributed by atoms with Gasteiger partial charge in [0.05, 0.1) is 0 Å². The highest BCUT2D eigenvalue weighted by atomic mass is 16.2. The van der Waals surface area contributed by atoms with Gasteiger partial charge in [0.25, 0.3) is 0 Å². The number of nitrogens with one attached hydrogen (secondary N) is 1. The number of carbonyl (C=O) groups is 1. The number of benzene rings is 1. The van der Waals surface area contributed by atoms with E-state index in [9.17, 15) is 9.59 Å². The Hall–Kier alpha value is -2.37. The highest BCUT2D eigenvalue weighted by Gasteiger charge is 2.26. The predicted octanol–water partition coefficient (Wildman–Crippen LogP) is 2.71. The highest BCUT2D eigenvalue weighted by molar-refractivity contribution is 5.76. The van der Waals surface area contributed by atoms with Crippen molar-refractivity contribution in [2.45, 2.75) is 57.9 Å². The molecule has 0 aliphatic carbocycles. The van der Waals surface area contributed by atoms with Crippen LogP contribution in [0.5, 0.6) is 0 Å². The maximum absolute atomic E-state index is 12.4. The van der Waals surface area contributed by atoms with Crippen LogP contribution in [0.25, 0.3) is 0 Å². The first-order valence-corrected chi connectivity index (χ1v) is 9.66. The Kier molecular flexibility index (Phi) is 6.26. The average Bonchev–Trinajstić information content (AvgIpc) is 3.06. The van der Waals surface area contributed by atoms with Crippen LogP contribution >= 0.6 is 0 Å². The minimum Gasteiger partial charge on any atom is -0.343 e. The van der Waals surface area contributed by atoms with E-state index in [-0.39, 0.29) is 17.5 Å². The number of aromatic amines is 1. The van der Waals surface area contributed by atoms with Crippen molar-refractivity contribution in [3.8, 4) is 0 Å². The standard InChI is InChI=1S/C20H28N4O2/c1-2-24-19(21-22-20(24)26)17-12-14-23(15-13-17)18(25)11-7-6-10-16-8-4-3-5-9-16/h3-5,8-9,17H,2,6-7,10-15H2,1H3,(H,22,26). The lowest BCUT2D eigenvalue weighted by Gasteiger charge is -2.31. The number of aryl methyl sites for hydroxylation is 1. The molecule has 0 saturated carbocycles. The number of carbonyl (C=O) groups excluding carboxylic acids is 1. The molecule has 1 aliphatic heterocycles. The molecule has 1 amide bonds. The van der Waals surface area contributed by atoms with E-state index in [1.807, 2.05) is 17.9 Å². The first-order valence-electron chi connectivity index (χ1n) is 9.66. The monoisotopic (exact) mass is 356 g/mol. The molecular weight excluding hydrogens is 328 g/mol. The Morgan fingerprint density at radius 2 is 1.92 bits per heavy atom. The van der Waals surface area contributed by atoms with Crippen molar-refractivity contribution >= 4 is 5.91 Å². The maximum Gasteiger partial charge on any atom is 0.343 e. The number of unbranched alkanes of at least 4 members (excludes halogenated alkanes) is 1. The molecule has 1 saturated heterocycles. The summed E-state index contributed by atoms with van der Waals surface area (Å²) in [5.41, 5.74) is 1.20. The molecule has 1 aromatic heterocycles. The van der Waals surface area contributed by atoms with E-state index in [0.717, 1.165) is 51.0 Å². The van der Waals surface area contributed by atoms with Crippen molar-refractivity contribution < 1.29 is 4.79 Å². The summed E-state index contributed by atoms with van der Waals surface area (Å²) >= 11 is 0. The van der Waals surface area contributed by atoms with Crippen LogP contribution in [-0.2, 0) is 17.8 Å². The Morgan fingerprint density at radius 3 is 2.62 bits per heavy atom. The van der Waals surface area contributed by atoms with Gasteiger partial charge in [-0.2, -0.15) is 5.10 Å². The van der Waals surface area contributed by atoms with Gasteiger partial charge in [0.1, 0.15) is 5.82 Å². The second kappa shape index (κ2) is 8.83. The fraction of sp³-hybridized carbons (Fsp3) is 0.550. The van der Waals surface area contributed by atoms with Crippen molar-refractivity contribution in [2.75, 3.05) is 13.1 Å². The minimum absolute atomic E-state index is 0.139. The van der Waals surface area contributed by atoms with Crippen LogP contribution in [0.15, 0.2) is 35.1 Å². The zero-order valence-corrected chi connectivity index (χ0v) is 15.5. The summed E-state index contributed by atoms with van der Waals surface area (Å²) in [6, 6.07) is 10.4. The number of aromatic nitrogens is 3. The number of nitrogens with zero attached hydrogens (tertiary/aromatic N) is 3. The zero-order valence-electron chi connectivity index (χ0n) is 15.5. The van der Waals surface area contributed by atoms with Crippen LogP contribution in [0.1, 0.15) is 56.3 Å². The molecule has 0 unspecified atom stereocenters. The van der Waals surface area contributed by atoms with E-state index in [1.165, 1.54) is 5.56 Å². The second-order valence-corrected chi connectivity index (χ2v) is 6.98. The molecule has 1 aliphatic rings. The number of hydrogen-bond donors (Lipinski definition) is 1. The molecule has 2 aromatic rings. The van der Waals surface area contributed by atoms with Crippen LogP contribution in [0.4, 0.5) is 0 Å². The van der Waals surface area contributed by atoms with Crippen molar-refractivity contribution in [2.24, 2.45) is 0 Å². The summed E-state index contributed by atoms with van der Waals surface area (Å²) in [6.45, 7) is 4.10. The van der Waals surface area contributed by atoms with Gasteiger partial charge in [-0.25, -0.2) is 9.89 Å². The normalized spacial score (nSPS) is 15.3. The molecule has 140 valence electrons. The minimum atomic E-state index is -0.139. The molecule has 26 heavy (non-hydrogen) atoms. The van der Waals surface area contributed by atoms with Crippen LogP contribution in [0, 0.1) is 0 Å². The van der Waals surface area contributed by atoms with Gasteiger partial charge in [0.2, 0.25) is 5.91 Å². The number of piperidine rings is 1. The first kappa shape index (κ1) is 18.4. The van der Waals surface area contributed by atoms with Gasteiger partial charge < -0.3 is 4.90 Å². The molecule has 1 aromatic carbocycles. The van der Waals surface area contributed by atoms with E-state index in [1.54, 1.807) is 4.57 Å². The summed E-state index contributed by atoms with van der Waals surface area (Å²) in [4.78, 5) is 26.1. The Morgan fingerprint density at radius 1 is 1.19 bits per heavy atom. The van der Waals surface area contributed by atoms with E-state index < -0.39 is 0 Å². The molecule has 0 radical (unpaired) electrons. The van der Waals surface area contributed by atoms with Gasteiger partial charge in [0.15, 0.2) is 0 Å². The Balaban J connectivity index is 1.41. The number of hydrogen-bond acceptors (Lipinski definition) is 3. The lowest BCUT2D eigenvalue weighted by atomic mass is 9.95. The highest BCUT2D eigenvalue weighted by Crippen LogP contribution is 2.26. The number of amides is 1. The van der Waals surface area contributed by atoms with Crippen molar-refractivity contribution in [1.82, 2.24) is 19.7 Å². The summed E-state index contributed by atoms with van der Waals surface area (Å²) in [5, 5.41) is 6.74. The quantitative estimate of drug-likeness (QED) is 0.776. The SMILES string of the molecule is CCn1c(C2CCN(C(=O)CCCCc3ccccc3)CC2)n[nH]c1=O. The third-order valence-corrected chi connectivity index (χ3v) is 5.27. The van der Waals surface area contributed by atoms with Gasteiger partial charge in [0, 0.05) is 32.0 Å². The largest absolute Gasteiger partial charge is 0.343 e. The second-order valence-electron chi connectivity index (χ2n) is 6.98. The van der Waals surface area contributed by atoms with Crippen molar-refractivity contribution in [3.05, 3.63) is 52.2 Å². The smallest absolute Gasteiger partial charge is 0.343 e. The number of rotatable bonds is 7. The van der Waals surface area contributed by atoms with Gasteiger partial charge in [-0.05, 0) is 44.6 Å². The van der Waals surface area contributed by atoms with Crippen molar-refractivity contribution in [3.63, 3.8) is 0 Å². The molecule has 0 spiro atoms. The van der Waals surface area contributed by atoms with E-state index in [4.69, 9.17) is 0 Å². The zero-order chi connectivity index (χ0) is 18.4. The van der Waals surface area contributed by atoms with E-state index in [0.29, 0.717) is 13.0 Å². The van der Waals surface area contributed by atoms with E-state index in [2.05, 4.69) is 34.5 Å². The third kappa shape index (κ3) is 4.42. The summed E-state index contributed by atoms with van der Waals surface area (Å²) < 4.78 is 1.70. The predicted molar refractivity (Wildman–Crippen MR) is 101 cm³/mol. The topological polar surface area (TPSA) is 71.0 Å². The average molecular weight is 356 g/mol. The molecule has 0 bridgehead atoms. The number of H-pyrrole nitrogens is 1. The molecule has 6 heteroatoms. The molecular formula is C20H28N4O2. The molecule has 3 rings (SSSR count). The van der Waals surface area contributed by atoms with Crippen LogP contribution in [0.2, 0.25) is 0 Å². The summed E-state index contributed by atoms with van der Waals surface area (Å²) in [6.07, 6.45) is 5.38. The molecule has 1 N–H and O–H groups in total. The lowest BCUT2D eigenvalue weighted by molar-refractivity contribution is -0.132. The van der Waals surface area contributed by atoms with Crippen molar-refractivity contribution in [1.29, 1.82) is 0 Å². The Bertz CT molecular complexity index is 758. The van der Waals surface area contributed by atoms with Crippen LogP contribution < -0.4 is 5.69 Å². The fourth-order valence-electron chi connectivity index (χ4n) is 3.74. The number of likely N-dealkylation sites (tertiary alicyclic amines) is 1.